The Balaban J connectivity index is -0.000000147. The molecule has 0 aromatic heterocycles. The van der Waals surface area contributed by atoms with Gasteiger partial charge in [-0.1, -0.05) is 15.9 Å². The number of esters is 2. The summed E-state index contributed by atoms with van der Waals surface area (Å²) in [4.78, 5) is 33.2. The van der Waals surface area contributed by atoms with E-state index in [1.54, 1.807) is 53.7 Å². The minimum atomic E-state index is -1.04. The third kappa shape index (κ3) is 21.9. The van der Waals surface area contributed by atoms with Gasteiger partial charge in [-0.2, -0.15) is 0 Å². The number of aryl methyl sites for hydroxylation is 2. The average molecular weight is 857 g/mol. The van der Waals surface area contributed by atoms with Crippen LogP contribution in [0.2, 0.25) is 0 Å². The zero-order chi connectivity index (χ0) is 29.4. The summed E-state index contributed by atoms with van der Waals surface area (Å²) in [6, 6.07) is 9.22. The molecule has 11 nitrogen and oxygen atoms in total. The Bertz CT molecular complexity index is 1020. The summed E-state index contributed by atoms with van der Waals surface area (Å²) in [5.74, 6) is 0.419. The molecule has 210 valence electrons. The maximum absolute atomic E-state index is 11.4. The Morgan fingerprint density at radius 3 is 1.56 bits per heavy atom. The predicted octanol–water partition coefficient (Wildman–Crippen LogP) is -2.67. The Hall–Kier alpha value is 0.594. The summed E-state index contributed by atoms with van der Waals surface area (Å²) in [6.07, 6.45) is 0. The molecular weight excluding hydrogens is 822 g/mol. The van der Waals surface area contributed by atoms with Crippen molar-refractivity contribution in [1.29, 1.82) is 0 Å². The second-order valence-corrected chi connectivity index (χ2v) is 10.2. The molecule has 0 amide bonds. The van der Waals surface area contributed by atoms with Gasteiger partial charge in [0.25, 0.3) is 6.47 Å². The molecule has 0 fully saturated rings. The maximum Gasteiger partial charge on any atom is 1.00 e. The van der Waals surface area contributed by atoms with Crippen LogP contribution in [0.15, 0.2) is 36.4 Å². The molecule has 0 saturated heterocycles. The van der Waals surface area contributed by atoms with E-state index < -0.39 is 15.9 Å². The first-order valence-electron chi connectivity index (χ1n) is 10.5. The van der Waals surface area contributed by atoms with Gasteiger partial charge in [-0.15, -0.1) is 0 Å². The first kappa shape index (κ1) is 46.5. The molecule has 2 aromatic rings. The van der Waals surface area contributed by atoms with Crippen LogP contribution in [0.25, 0.3) is 0 Å². The first-order valence-corrected chi connectivity index (χ1v) is 11.3. The summed E-state index contributed by atoms with van der Waals surface area (Å²) >= 11 is 3.13. The van der Waals surface area contributed by atoms with E-state index in [4.69, 9.17) is 25.0 Å². The topological polar surface area (TPSA) is 172 Å². The molecule has 39 heavy (non-hydrogen) atoms. The molecule has 0 aliphatic rings. The van der Waals surface area contributed by atoms with E-state index >= 15 is 0 Å². The van der Waals surface area contributed by atoms with Crippen LogP contribution in [-0.4, -0.2) is 57.9 Å². The largest absolute Gasteiger partial charge is 1.00 e. The van der Waals surface area contributed by atoms with Gasteiger partial charge >= 0.3 is 150 Å². The van der Waals surface area contributed by atoms with Crippen LogP contribution in [-0.2, 0) is 28.7 Å². The maximum atomic E-state index is 11.4. The van der Waals surface area contributed by atoms with Crippen molar-refractivity contribution in [2.75, 3.05) is 14.2 Å². The fourth-order valence-corrected chi connectivity index (χ4v) is 2.32. The zero-order valence-corrected chi connectivity index (χ0v) is 38.2. The molecule has 0 unspecified atom stereocenters. The van der Waals surface area contributed by atoms with Crippen molar-refractivity contribution in [3.8, 4) is 23.0 Å². The summed E-state index contributed by atoms with van der Waals surface area (Å²) in [5.41, 5.74) is 0.339. The molecule has 0 atom stereocenters. The molecule has 0 heterocycles. The van der Waals surface area contributed by atoms with Crippen LogP contribution >= 0.6 is 15.9 Å². The molecular formula is C25H35BrCs2O11. The van der Waals surface area contributed by atoms with Gasteiger partial charge in [-0.05, 0) is 89.1 Å². The van der Waals surface area contributed by atoms with E-state index in [9.17, 15) is 14.7 Å². The second kappa shape index (κ2) is 24.1. The number of alkyl halides is 1. The van der Waals surface area contributed by atoms with Gasteiger partial charge < -0.3 is 41.1 Å². The van der Waals surface area contributed by atoms with E-state index in [-0.39, 0.29) is 169 Å². The van der Waals surface area contributed by atoms with Crippen LogP contribution in [0, 0.1) is 13.8 Å². The van der Waals surface area contributed by atoms with Gasteiger partial charge in [0.05, 0.1) is 14.2 Å². The SMILES string of the molecule is COC(=O)C(C)(C)Br.COC(=O)C(C)(C)Oc1ccc(O)c(C)c1.Cc1cc(O)ccc1O.O=CO[O-].[Cs+].[Cs+].[H-]. The third-order valence-electron chi connectivity index (χ3n) is 4.11. The Morgan fingerprint density at radius 1 is 0.872 bits per heavy atom. The molecule has 2 aromatic carbocycles. The number of phenols is 3. The predicted molar refractivity (Wildman–Crippen MR) is 137 cm³/mol. The van der Waals surface area contributed by atoms with Crippen molar-refractivity contribution < 1.29 is 193 Å². The first-order chi connectivity index (χ1) is 17.0. The second-order valence-electron chi connectivity index (χ2n) is 8.18. The van der Waals surface area contributed by atoms with Gasteiger partial charge in [0.2, 0.25) is 0 Å². The standard InChI is InChI=1S/C12H16O4.C7H8O2.C5H9BrO2.CH2O3.2Cs.H/c1-8-7-9(5-6-10(8)13)16-12(2,3)11(14)15-4;1-5-4-6(8)2-3-7(5)9;1-5(2,6)4(7)8-3;2-1-4-3;;;/h5-7,13H,1-4H3;2-4,8-9H,1H3;1-3H3;1,3H;;;/q;;;;2*+1;-1/p-1. The van der Waals surface area contributed by atoms with Crippen molar-refractivity contribution in [2.24, 2.45) is 0 Å². The minimum Gasteiger partial charge on any atom is -1.00 e. The van der Waals surface area contributed by atoms with Crippen LogP contribution in [0.4, 0.5) is 0 Å². The number of hydrogen-bond donors (Lipinski definition) is 3. The van der Waals surface area contributed by atoms with Gasteiger partial charge in [0, 0.05) is 0 Å². The van der Waals surface area contributed by atoms with Crippen molar-refractivity contribution in [2.45, 2.75) is 51.5 Å². The van der Waals surface area contributed by atoms with E-state index in [2.05, 4.69) is 30.3 Å². The van der Waals surface area contributed by atoms with Crippen LogP contribution in [0.3, 0.4) is 0 Å². The fourth-order valence-electron chi connectivity index (χ4n) is 2.16. The van der Waals surface area contributed by atoms with Crippen LogP contribution in [0.5, 0.6) is 23.0 Å². The van der Waals surface area contributed by atoms with Crippen molar-refractivity contribution >= 4 is 34.3 Å². The molecule has 0 spiro atoms. The quantitative estimate of drug-likeness (QED) is 0.0716. The zero-order valence-electron chi connectivity index (χ0n) is 25.0. The molecule has 0 aliphatic heterocycles. The molecule has 0 radical (unpaired) electrons. The Labute approximate surface area is 356 Å². The molecule has 0 saturated carbocycles. The molecule has 14 heteroatoms. The van der Waals surface area contributed by atoms with Crippen molar-refractivity contribution in [3.63, 3.8) is 0 Å². The summed E-state index contributed by atoms with van der Waals surface area (Å²) < 4.78 is 14.0. The molecule has 3 N–H and O–H groups in total. The minimum absolute atomic E-state index is 0. The smallest absolute Gasteiger partial charge is 1.00 e. The summed E-state index contributed by atoms with van der Waals surface area (Å²) in [7, 11) is 2.68. The van der Waals surface area contributed by atoms with Gasteiger partial charge in [0.1, 0.15) is 27.3 Å². The summed E-state index contributed by atoms with van der Waals surface area (Å²) in [6.45, 7) is 10.0. The number of hydrogen-bond acceptors (Lipinski definition) is 11. The van der Waals surface area contributed by atoms with E-state index in [0.29, 0.717) is 16.9 Å². The van der Waals surface area contributed by atoms with Gasteiger partial charge in [-0.3, -0.25) is 9.59 Å². The van der Waals surface area contributed by atoms with E-state index in [1.807, 2.05) is 0 Å². The number of benzene rings is 2. The van der Waals surface area contributed by atoms with E-state index in [1.165, 1.54) is 38.5 Å². The molecule has 0 aliphatic carbocycles. The number of carbonyl (C=O) groups excluding carboxylic acids is 3. The number of ether oxygens (including phenoxy) is 3. The Morgan fingerprint density at radius 2 is 1.28 bits per heavy atom. The molecule has 2 rings (SSSR count). The number of phenolic OH excluding ortho intramolecular Hbond substituents is 3. The number of aromatic hydroxyl groups is 3. The average Bonchev–Trinajstić information content (AvgIpc) is 2.83. The monoisotopic (exact) mass is 856 g/mol. The van der Waals surface area contributed by atoms with Crippen LogP contribution in [0.1, 0.15) is 40.2 Å². The molecule has 0 bridgehead atoms. The third-order valence-corrected chi connectivity index (χ3v) is 4.43. The number of carbonyl (C=O) groups is 3. The number of halogens is 1. The van der Waals surface area contributed by atoms with Crippen molar-refractivity contribution in [1.82, 2.24) is 0 Å². The summed E-state index contributed by atoms with van der Waals surface area (Å²) in [5, 5.41) is 35.5. The number of rotatable bonds is 5. The van der Waals surface area contributed by atoms with Gasteiger partial charge in [0.15, 0.2) is 5.60 Å². The normalized spacial score (nSPS) is 9.49. The van der Waals surface area contributed by atoms with Crippen molar-refractivity contribution in [3.05, 3.63) is 47.5 Å². The van der Waals surface area contributed by atoms with Gasteiger partial charge in [-0.25, -0.2) is 4.79 Å². The van der Waals surface area contributed by atoms with E-state index in [0.717, 1.165) is 0 Å². The number of methoxy groups -OCH3 is 2. The Kier molecular flexibility index (Phi) is 28.7. The fraction of sp³-hybridized carbons (Fsp3) is 0.400. The van der Waals surface area contributed by atoms with Crippen LogP contribution < -0.4 is 148 Å².